The van der Waals surface area contributed by atoms with Crippen molar-refractivity contribution < 1.29 is 4.79 Å². The van der Waals surface area contributed by atoms with Gasteiger partial charge in [0.25, 0.3) is 0 Å². The van der Waals surface area contributed by atoms with Gasteiger partial charge in [-0.1, -0.05) is 31.2 Å². The third-order valence-electron chi connectivity index (χ3n) is 5.17. The summed E-state index contributed by atoms with van der Waals surface area (Å²) in [5.41, 5.74) is 2.69. The molecule has 2 aliphatic heterocycles. The lowest BCUT2D eigenvalue weighted by Crippen LogP contribution is -2.50. The van der Waals surface area contributed by atoms with E-state index in [1.165, 1.54) is 17.5 Å². The van der Waals surface area contributed by atoms with Crippen LogP contribution in [-0.4, -0.2) is 55.0 Å². The molecular weight excluding hydrogens is 322 g/mol. The maximum atomic E-state index is 12.6. The molecule has 134 valence electrons. The fraction of sp³-hybridized carbons (Fsp3) is 0.632. The van der Waals surface area contributed by atoms with Crippen LogP contribution in [0.1, 0.15) is 43.4 Å². The third-order valence-corrected chi connectivity index (χ3v) is 5.17. The number of amides is 1. The number of nitrogens with one attached hydrogen (secondary N) is 1. The van der Waals surface area contributed by atoms with Crippen molar-refractivity contribution in [1.29, 1.82) is 0 Å². The molecule has 0 radical (unpaired) electrons. The van der Waals surface area contributed by atoms with Gasteiger partial charge in [0.05, 0.1) is 6.54 Å². The standard InChI is InChI=1S/C19H29N3O.ClH/c1-2-16-6-8-17(9-7-16)18-14-20-10-13-22(18)15-19(23)21-11-4-3-5-12-21;/h6-9,18,20H,2-5,10-15H2,1H3;1H. The van der Waals surface area contributed by atoms with Crippen LogP contribution >= 0.6 is 12.4 Å². The summed E-state index contributed by atoms with van der Waals surface area (Å²) in [7, 11) is 0. The van der Waals surface area contributed by atoms with E-state index >= 15 is 0 Å². The zero-order chi connectivity index (χ0) is 16.1. The quantitative estimate of drug-likeness (QED) is 0.905. The second-order valence-electron chi connectivity index (χ2n) is 6.73. The molecular formula is C19H30ClN3O. The van der Waals surface area contributed by atoms with Crippen LogP contribution in [0.2, 0.25) is 0 Å². The van der Waals surface area contributed by atoms with Crippen LogP contribution < -0.4 is 5.32 Å². The van der Waals surface area contributed by atoms with Crippen molar-refractivity contribution >= 4 is 18.3 Å². The Balaban J connectivity index is 0.00000208. The molecule has 1 aromatic carbocycles. The number of piperidine rings is 1. The number of benzene rings is 1. The highest BCUT2D eigenvalue weighted by Gasteiger charge is 2.27. The van der Waals surface area contributed by atoms with Crippen LogP contribution in [0.25, 0.3) is 0 Å². The number of halogens is 1. The van der Waals surface area contributed by atoms with E-state index in [9.17, 15) is 4.79 Å². The number of hydrogen-bond donors (Lipinski definition) is 1. The zero-order valence-corrected chi connectivity index (χ0v) is 15.5. The minimum atomic E-state index is 0. The van der Waals surface area contributed by atoms with E-state index < -0.39 is 0 Å². The van der Waals surface area contributed by atoms with Gasteiger partial charge in [0.15, 0.2) is 0 Å². The molecule has 1 amide bonds. The lowest BCUT2D eigenvalue weighted by Gasteiger charge is -2.38. The number of nitrogens with zero attached hydrogens (tertiary/aromatic N) is 2. The summed E-state index contributed by atoms with van der Waals surface area (Å²) in [5, 5.41) is 3.48. The van der Waals surface area contributed by atoms with Crippen LogP contribution in [-0.2, 0) is 11.2 Å². The van der Waals surface area contributed by atoms with Crippen molar-refractivity contribution in [2.75, 3.05) is 39.3 Å². The first kappa shape index (κ1) is 19.2. The van der Waals surface area contributed by atoms with Crippen molar-refractivity contribution in [2.45, 2.75) is 38.6 Å². The molecule has 0 saturated carbocycles. The normalized spacial score (nSPS) is 22.0. The van der Waals surface area contributed by atoms with Gasteiger partial charge in [-0.2, -0.15) is 0 Å². The number of hydrogen-bond acceptors (Lipinski definition) is 3. The topological polar surface area (TPSA) is 35.6 Å². The number of carbonyl (C=O) groups excluding carboxylic acids is 1. The Labute approximate surface area is 152 Å². The Kier molecular flexibility index (Phi) is 7.53. The van der Waals surface area contributed by atoms with Crippen molar-refractivity contribution in [3.05, 3.63) is 35.4 Å². The number of likely N-dealkylation sites (tertiary alicyclic amines) is 1. The van der Waals surface area contributed by atoms with Gasteiger partial charge in [-0.15, -0.1) is 12.4 Å². The monoisotopic (exact) mass is 351 g/mol. The molecule has 2 fully saturated rings. The molecule has 3 rings (SSSR count). The molecule has 5 heteroatoms. The van der Waals surface area contributed by atoms with E-state index in [4.69, 9.17) is 0 Å². The summed E-state index contributed by atoms with van der Waals surface area (Å²) < 4.78 is 0. The Bertz CT molecular complexity index is 514. The van der Waals surface area contributed by atoms with E-state index in [0.29, 0.717) is 18.5 Å². The predicted molar refractivity (Wildman–Crippen MR) is 101 cm³/mol. The lowest BCUT2D eigenvalue weighted by atomic mass is 10.0. The lowest BCUT2D eigenvalue weighted by molar-refractivity contribution is -0.134. The Morgan fingerprint density at radius 2 is 1.83 bits per heavy atom. The maximum absolute atomic E-state index is 12.6. The summed E-state index contributed by atoms with van der Waals surface area (Å²) in [6, 6.07) is 9.20. The minimum absolute atomic E-state index is 0. The van der Waals surface area contributed by atoms with E-state index in [2.05, 4.69) is 46.3 Å². The Morgan fingerprint density at radius 3 is 2.50 bits per heavy atom. The average Bonchev–Trinajstić information content (AvgIpc) is 2.63. The van der Waals surface area contributed by atoms with Gasteiger partial charge >= 0.3 is 0 Å². The summed E-state index contributed by atoms with van der Waals surface area (Å²) in [4.78, 5) is 17.0. The predicted octanol–water partition coefficient (Wildman–Crippen LogP) is 2.63. The molecule has 0 bridgehead atoms. The molecule has 0 aliphatic carbocycles. The molecule has 2 aliphatic rings. The van der Waals surface area contributed by atoms with Crippen molar-refractivity contribution in [3.63, 3.8) is 0 Å². The zero-order valence-electron chi connectivity index (χ0n) is 14.7. The number of carbonyl (C=O) groups is 1. The number of aryl methyl sites for hydroxylation is 1. The maximum Gasteiger partial charge on any atom is 0.236 e. The fourth-order valence-corrected chi connectivity index (χ4v) is 3.66. The van der Waals surface area contributed by atoms with Crippen LogP contribution in [0.3, 0.4) is 0 Å². The van der Waals surface area contributed by atoms with Gasteiger partial charge in [0.1, 0.15) is 0 Å². The summed E-state index contributed by atoms with van der Waals surface area (Å²) >= 11 is 0. The first-order chi connectivity index (χ1) is 11.3. The number of piperazine rings is 1. The fourth-order valence-electron chi connectivity index (χ4n) is 3.66. The third kappa shape index (κ3) is 4.71. The van der Waals surface area contributed by atoms with E-state index in [1.54, 1.807) is 0 Å². The minimum Gasteiger partial charge on any atom is -0.342 e. The summed E-state index contributed by atoms with van der Waals surface area (Å²) in [5.74, 6) is 0.307. The summed E-state index contributed by atoms with van der Waals surface area (Å²) in [6.45, 7) is 7.47. The molecule has 24 heavy (non-hydrogen) atoms. The first-order valence-corrected chi connectivity index (χ1v) is 9.09. The Hall–Kier alpha value is -1.10. The van der Waals surface area contributed by atoms with Crippen molar-refractivity contribution in [2.24, 2.45) is 0 Å². The van der Waals surface area contributed by atoms with Crippen molar-refractivity contribution in [1.82, 2.24) is 15.1 Å². The SMILES string of the molecule is CCc1ccc(C2CNCCN2CC(=O)N2CCCCC2)cc1.Cl. The van der Waals surface area contributed by atoms with Gasteiger partial charge in [-0.25, -0.2) is 0 Å². The molecule has 1 atom stereocenters. The number of rotatable bonds is 4. The highest BCUT2D eigenvalue weighted by molar-refractivity contribution is 5.85. The summed E-state index contributed by atoms with van der Waals surface area (Å²) in [6.07, 6.45) is 4.66. The molecule has 2 heterocycles. The second kappa shape index (κ2) is 9.40. The second-order valence-corrected chi connectivity index (χ2v) is 6.73. The molecule has 2 saturated heterocycles. The van der Waals surface area contributed by atoms with E-state index in [-0.39, 0.29) is 12.4 Å². The van der Waals surface area contributed by atoms with Crippen LogP contribution in [0.15, 0.2) is 24.3 Å². The van der Waals surface area contributed by atoms with Gasteiger partial charge in [0, 0.05) is 38.8 Å². The molecule has 0 spiro atoms. The van der Waals surface area contributed by atoms with Crippen LogP contribution in [0.5, 0.6) is 0 Å². The molecule has 0 aromatic heterocycles. The first-order valence-electron chi connectivity index (χ1n) is 9.09. The molecule has 1 aromatic rings. The van der Waals surface area contributed by atoms with Gasteiger partial charge in [0.2, 0.25) is 5.91 Å². The van der Waals surface area contributed by atoms with Gasteiger partial charge in [-0.05, 0) is 36.8 Å². The Morgan fingerprint density at radius 1 is 1.12 bits per heavy atom. The van der Waals surface area contributed by atoms with E-state index in [0.717, 1.165) is 52.0 Å². The van der Waals surface area contributed by atoms with Crippen molar-refractivity contribution in [3.8, 4) is 0 Å². The highest BCUT2D eigenvalue weighted by Crippen LogP contribution is 2.23. The molecule has 4 nitrogen and oxygen atoms in total. The molecule has 1 unspecified atom stereocenters. The van der Waals surface area contributed by atoms with E-state index in [1.807, 2.05) is 0 Å². The smallest absolute Gasteiger partial charge is 0.236 e. The van der Waals surface area contributed by atoms with Gasteiger partial charge < -0.3 is 10.2 Å². The van der Waals surface area contributed by atoms with Crippen LogP contribution in [0.4, 0.5) is 0 Å². The highest BCUT2D eigenvalue weighted by atomic mass is 35.5. The largest absolute Gasteiger partial charge is 0.342 e. The van der Waals surface area contributed by atoms with Gasteiger partial charge in [-0.3, -0.25) is 9.69 Å². The van der Waals surface area contributed by atoms with Crippen LogP contribution in [0, 0.1) is 0 Å². The molecule has 1 N–H and O–H groups in total. The average molecular weight is 352 g/mol.